The van der Waals surface area contributed by atoms with Crippen LogP contribution in [-0.4, -0.2) is 30.6 Å². The van der Waals surface area contributed by atoms with Gasteiger partial charge in [-0.15, -0.1) is 0 Å². The van der Waals surface area contributed by atoms with E-state index in [1.165, 1.54) is 24.7 Å². The number of hydrogen-bond donors (Lipinski definition) is 3. The zero-order chi connectivity index (χ0) is 23.9. The highest BCUT2D eigenvalue weighted by atomic mass is 19.1. The fourth-order valence-corrected chi connectivity index (χ4v) is 3.18. The van der Waals surface area contributed by atoms with Crippen molar-refractivity contribution >= 4 is 17.4 Å². The zero-order valence-corrected chi connectivity index (χ0v) is 17.9. The van der Waals surface area contributed by atoms with Crippen molar-refractivity contribution in [2.45, 2.75) is 13.0 Å². The van der Waals surface area contributed by atoms with Gasteiger partial charge in [-0.1, -0.05) is 24.3 Å². The first-order chi connectivity index (χ1) is 16.5. The molecule has 5 N–H and O–H groups in total. The van der Waals surface area contributed by atoms with Crippen molar-refractivity contribution < 1.29 is 14.0 Å². The molecule has 0 aliphatic heterocycles. The van der Waals surface area contributed by atoms with Gasteiger partial charge in [-0.05, 0) is 30.3 Å². The molecule has 34 heavy (non-hydrogen) atoms. The summed E-state index contributed by atoms with van der Waals surface area (Å²) in [4.78, 5) is 29.4. The monoisotopic (exact) mass is 460 g/mol. The lowest BCUT2D eigenvalue weighted by atomic mass is 10.2. The van der Waals surface area contributed by atoms with Crippen LogP contribution in [0.1, 0.15) is 21.7 Å². The highest BCUT2D eigenvalue weighted by Crippen LogP contribution is 2.22. The van der Waals surface area contributed by atoms with Crippen LogP contribution in [0, 0.1) is 5.82 Å². The van der Waals surface area contributed by atoms with Gasteiger partial charge in [0.05, 0.1) is 12.7 Å². The Kier molecular flexibility index (Phi) is 6.84. The Bertz CT molecular complexity index is 1320. The normalized spacial score (nSPS) is 11.0. The molecular weight excluding hydrogens is 439 g/mol. The van der Waals surface area contributed by atoms with Crippen LogP contribution in [0.25, 0.3) is 11.5 Å². The Balaban J connectivity index is 1.60. The molecule has 172 valence electrons. The molecule has 10 nitrogen and oxygen atoms in total. The maximum Gasteiger partial charge on any atom is 0.274 e. The van der Waals surface area contributed by atoms with E-state index in [9.17, 15) is 9.18 Å². The molecule has 4 rings (SSSR count). The number of nitrogens with one attached hydrogen (secondary N) is 1. The summed E-state index contributed by atoms with van der Waals surface area (Å²) in [5.41, 5.74) is 8.20. The first kappa shape index (κ1) is 22.6. The summed E-state index contributed by atoms with van der Waals surface area (Å²) in [5.74, 6) is 4.59. The number of nitrogens with two attached hydrogens (primary N) is 2. The summed E-state index contributed by atoms with van der Waals surface area (Å²) in [7, 11) is 0. The molecule has 0 aliphatic carbocycles. The molecule has 3 aromatic heterocycles. The van der Waals surface area contributed by atoms with Crippen molar-refractivity contribution in [1.82, 2.24) is 24.7 Å². The van der Waals surface area contributed by atoms with E-state index >= 15 is 0 Å². The van der Waals surface area contributed by atoms with Gasteiger partial charge in [-0.25, -0.2) is 14.4 Å². The van der Waals surface area contributed by atoms with Crippen LogP contribution in [0.4, 0.5) is 15.9 Å². The summed E-state index contributed by atoms with van der Waals surface area (Å²) in [5, 5.41) is 7.18. The van der Waals surface area contributed by atoms with Crippen LogP contribution in [0.3, 0.4) is 0 Å². The van der Waals surface area contributed by atoms with E-state index in [-0.39, 0.29) is 35.4 Å². The molecule has 1 aromatic carbocycles. The molecule has 0 saturated carbocycles. The number of nitrogens with zero attached hydrogens (tertiary/aromatic N) is 5. The van der Waals surface area contributed by atoms with Crippen molar-refractivity contribution in [2.24, 2.45) is 5.90 Å². The number of benzene rings is 1. The Morgan fingerprint density at radius 2 is 2.00 bits per heavy atom. The number of rotatable bonds is 8. The van der Waals surface area contributed by atoms with Gasteiger partial charge in [0.25, 0.3) is 5.91 Å². The summed E-state index contributed by atoms with van der Waals surface area (Å²) in [6, 6.07) is 13.2. The van der Waals surface area contributed by atoms with Gasteiger partial charge in [-0.3, -0.25) is 14.5 Å². The van der Waals surface area contributed by atoms with Gasteiger partial charge in [0, 0.05) is 23.9 Å². The number of amides is 1. The topological polar surface area (TPSA) is 147 Å². The van der Waals surface area contributed by atoms with Crippen LogP contribution >= 0.6 is 0 Å². The Morgan fingerprint density at radius 1 is 1.18 bits per heavy atom. The number of nitrogen functional groups attached to an aromatic ring is 1. The summed E-state index contributed by atoms with van der Waals surface area (Å²) >= 11 is 0. The number of carbonyl (C=O) groups is 1. The molecule has 4 aromatic rings. The lowest BCUT2D eigenvalue weighted by molar-refractivity contribution is 0.102. The smallest absolute Gasteiger partial charge is 0.274 e. The summed E-state index contributed by atoms with van der Waals surface area (Å²) < 4.78 is 15.8. The quantitative estimate of drug-likeness (QED) is 0.269. The minimum Gasteiger partial charge on any atom is -0.420 e. The third-order valence-corrected chi connectivity index (χ3v) is 4.84. The number of pyridine rings is 1. The third kappa shape index (κ3) is 5.22. The predicted molar refractivity (Wildman–Crippen MR) is 123 cm³/mol. The first-order valence-corrected chi connectivity index (χ1v) is 10.2. The number of hydrogen-bond acceptors (Lipinski definition) is 8. The minimum absolute atomic E-state index is 0.0657. The van der Waals surface area contributed by atoms with Crippen LogP contribution < -0.4 is 16.9 Å². The average molecular weight is 460 g/mol. The number of anilines is 2. The highest BCUT2D eigenvalue weighted by Gasteiger charge is 2.16. The largest absolute Gasteiger partial charge is 0.420 e. The van der Waals surface area contributed by atoms with Gasteiger partial charge < -0.3 is 15.9 Å². The molecule has 0 spiro atoms. The van der Waals surface area contributed by atoms with Gasteiger partial charge in [0.2, 0.25) is 0 Å². The molecule has 0 aliphatic rings. The summed E-state index contributed by atoms with van der Waals surface area (Å²) in [6.07, 6.45) is 6.38. The van der Waals surface area contributed by atoms with E-state index in [1.54, 1.807) is 53.2 Å². The molecule has 0 fully saturated rings. The molecule has 0 saturated heterocycles. The van der Waals surface area contributed by atoms with Crippen LogP contribution in [0.15, 0.2) is 73.3 Å². The molecule has 0 radical (unpaired) electrons. The average Bonchev–Trinajstić information content (AvgIpc) is 3.25. The number of halogens is 1. The second-order valence-corrected chi connectivity index (χ2v) is 7.14. The van der Waals surface area contributed by atoms with E-state index < -0.39 is 5.91 Å². The zero-order valence-electron chi connectivity index (χ0n) is 17.9. The first-order valence-electron chi connectivity index (χ1n) is 10.2. The molecule has 11 heteroatoms. The van der Waals surface area contributed by atoms with Crippen LogP contribution in [0.2, 0.25) is 0 Å². The maximum atomic E-state index is 14.2. The number of aromatic nitrogens is 5. The van der Waals surface area contributed by atoms with E-state index in [2.05, 4.69) is 30.2 Å². The van der Waals surface area contributed by atoms with Gasteiger partial charge in [-0.2, -0.15) is 11.0 Å². The fourth-order valence-electron chi connectivity index (χ4n) is 3.18. The highest BCUT2D eigenvalue weighted by molar-refractivity contribution is 6.04. The Hall–Kier alpha value is -4.64. The predicted octanol–water partition coefficient (Wildman–Crippen LogP) is 2.70. The molecule has 0 unspecified atom stereocenters. The lowest BCUT2D eigenvalue weighted by Gasteiger charge is -2.08. The van der Waals surface area contributed by atoms with Crippen molar-refractivity contribution in [3.63, 3.8) is 0 Å². The molecular formula is C23H21FN8O2. The second-order valence-electron chi connectivity index (χ2n) is 7.14. The van der Waals surface area contributed by atoms with Crippen molar-refractivity contribution in [2.75, 3.05) is 11.1 Å². The van der Waals surface area contributed by atoms with Gasteiger partial charge >= 0.3 is 0 Å². The second kappa shape index (κ2) is 10.3. The molecule has 0 bridgehead atoms. The third-order valence-electron chi connectivity index (χ3n) is 4.84. The SMILES string of the molecule is NO/C=C\Cc1cc(-c2ncc(NC(=O)c3ccccn3)c(N)n2)nn1Cc1ccccc1F. The minimum atomic E-state index is -0.436. The van der Waals surface area contributed by atoms with Crippen LogP contribution in [-0.2, 0) is 17.8 Å². The number of allylic oxidation sites excluding steroid dienone is 1. The fraction of sp³-hybridized carbons (Fsp3) is 0.0870. The van der Waals surface area contributed by atoms with Crippen LogP contribution in [0.5, 0.6) is 0 Å². The molecule has 3 heterocycles. The lowest BCUT2D eigenvalue weighted by Crippen LogP contribution is -2.15. The Labute approximate surface area is 194 Å². The standard InChI is InChI=1S/C23H21FN8O2/c24-17-8-2-1-6-15(17)14-32-16(7-5-11-34-26)12-19(31-32)22-28-13-20(21(25)30-22)29-23(33)18-9-3-4-10-27-18/h1-6,8-13H,7,14,26H2,(H,29,33)(H2,25,28,30)/b11-5-. The van der Waals surface area contributed by atoms with E-state index in [4.69, 9.17) is 11.6 Å². The van der Waals surface area contributed by atoms with Gasteiger partial charge in [0.1, 0.15) is 29.2 Å². The Morgan fingerprint density at radius 3 is 2.74 bits per heavy atom. The van der Waals surface area contributed by atoms with E-state index in [1.807, 2.05) is 0 Å². The van der Waals surface area contributed by atoms with Crippen molar-refractivity contribution in [3.05, 3.63) is 96.0 Å². The maximum absolute atomic E-state index is 14.2. The van der Waals surface area contributed by atoms with E-state index in [0.717, 1.165) is 5.69 Å². The number of carbonyl (C=O) groups excluding carboxylic acids is 1. The summed E-state index contributed by atoms with van der Waals surface area (Å²) in [6.45, 7) is 0.201. The molecule has 1 amide bonds. The van der Waals surface area contributed by atoms with E-state index in [0.29, 0.717) is 17.7 Å². The van der Waals surface area contributed by atoms with Gasteiger partial charge in [0.15, 0.2) is 11.6 Å². The van der Waals surface area contributed by atoms with Crippen molar-refractivity contribution in [1.29, 1.82) is 0 Å². The van der Waals surface area contributed by atoms with Crippen molar-refractivity contribution in [3.8, 4) is 11.5 Å². The molecule has 0 atom stereocenters.